The summed E-state index contributed by atoms with van der Waals surface area (Å²) in [6, 6.07) is 12.0. The van der Waals surface area contributed by atoms with Gasteiger partial charge in [-0.2, -0.15) is 0 Å². The number of fused-ring (bicyclic) bond motifs is 1. The molecule has 1 aromatic carbocycles. The maximum absolute atomic E-state index is 13.2. The predicted molar refractivity (Wildman–Crippen MR) is 109 cm³/mol. The van der Waals surface area contributed by atoms with Gasteiger partial charge in [0.05, 0.1) is 26.7 Å². The number of ether oxygens (including phenoxy) is 2. The summed E-state index contributed by atoms with van der Waals surface area (Å²) in [4.78, 5) is 17.9. The molecule has 4 rings (SSSR count). The molecule has 0 unspecified atom stereocenters. The summed E-state index contributed by atoms with van der Waals surface area (Å²) in [5.41, 5.74) is 2.20. The van der Waals surface area contributed by atoms with Crippen molar-refractivity contribution < 1.29 is 14.3 Å². The van der Waals surface area contributed by atoms with Gasteiger partial charge in [0.1, 0.15) is 0 Å². The van der Waals surface area contributed by atoms with Gasteiger partial charge in [0.2, 0.25) is 5.91 Å². The van der Waals surface area contributed by atoms with E-state index in [4.69, 9.17) is 9.47 Å². The minimum atomic E-state index is 0.0210. The van der Waals surface area contributed by atoms with Crippen LogP contribution in [0.25, 0.3) is 0 Å². The van der Waals surface area contributed by atoms with Crippen LogP contribution in [-0.4, -0.2) is 31.6 Å². The molecule has 0 fully saturated rings. The number of hydrogen-bond acceptors (Lipinski definition) is 5. The second-order valence-corrected chi connectivity index (χ2v) is 8.40. The number of hydrogen-bond donors (Lipinski definition) is 0. The van der Waals surface area contributed by atoms with Gasteiger partial charge in [-0.05, 0) is 52.6 Å². The van der Waals surface area contributed by atoms with Crippen LogP contribution in [0.5, 0.6) is 11.5 Å². The van der Waals surface area contributed by atoms with Crippen LogP contribution >= 0.6 is 22.7 Å². The zero-order valence-electron chi connectivity index (χ0n) is 15.3. The monoisotopic (exact) mass is 399 g/mol. The quantitative estimate of drug-likeness (QED) is 0.632. The van der Waals surface area contributed by atoms with Gasteiger partial charge >= 0.3 is 0 Å². The Morgan fingerprint density at radius 1 is 1.11 bits per heavy atom. The molecule has 0 aliphatic carbocycles. The van der Waals surface area contributed by atoms with E-state index in [9.17, 15) is 4.79 Å². The van der Waals surface area contributed by atoms with Gasteiger partial charge in [0.15, 0.2) is 11.5 Å². The molecule has 0 saturated heterocycles. The smallest absolute Gasteiger partial charge is 0.227 e. The Hall–Kier alpha value is -2.31. The highest BCUT2D eigenvalue weighted by Crippen LogP contribution is 2.40. The number of amides is 1. The van der Waals surface area contributed by atoms with Crippen LogP contribution in [0.15, 0.2) is 47.2 Å². The molecule has 0 N–H and O–H groups in total. The first kappa shape index (κ1) is 18.1. The Labute approximate surface area is 167 Å². The molecule has 1 amide bonds. The zero-order valence-corrected chi connectivity index (χ0v) is 16.9. The summed E-state index contributed by atoms with van der Waals surface area (Å²) in [7, 11) is 3.22. The first-order valence-corrected chi connectivity index (χ1v) is 10.6. The van der Waals surface area contributed by atoms with E-state index in [-0.39, 0.29) is 11.9 Å². The van der Waals surface area contributed by atoms with E-state index in [1.165, 1.54) is 15.3 Å². The fraction of sp³-hybridized carbons (Fsp3) is 0.286. The van der Waals surface area contributed by atoms with Crippen molar-refractivity contribution in [3.63, 3.8) is 0 Å². The molecule has 140 valence electrons. The van der Waals surface area contributed by atoms with Gasteiger partial charge in [-0.1, -0.05) is 12.1 Å². The third kappa shape index (κ3) is 3.47. The Balaban J connectivity index is 1.61. The lowest BCUT2D eigenvalue weighted by atomic mass is 9.97. The van der Waals surface area contributed by atoms with Crippen molar-refractivity contribution in [2.75, 3.05) is 20.8 Å². The molecule has 3 heterocycles. The van der Waals surface area contributed by atoms with Gasteiger partial charge < -0.3 is 14.4 Å². The molecule has 0 saturated carbocycles. The molecule has 3 aromatic rings. The SMILES string of the molecule is COc1ccc(CC(=O)N2CCc3sccc3[C@H]2c2cccs2)cc1OC. The zero-order chi connectivity index (χ0) is 18.8. The van der Waals surface area contributed by atoms with E-state index in [2.05, 4.69) is 29.0 Å². The average molecular weight is 400 g/mol. The van der Waals surface area contributed by atoms with E-state index in [0.717, 1.165) is 18.5 Å². The molecule has 0 bridgehead atoms. The highest BCUT2D eigenvalue weighted by molar-refractivity contribution is 7.10. The lowest BCUT2D eigenvalue weighted by Crippen LogP contribution is -2.40. The minimum absolute atomic E-state index is 0.0210. The standard InChI is InChI=1S/C21H21NO3S2/c1-24-16-6-5-14(12-17(16)25-2)13-20(23)22-9-7-18-15(8-11-27-18)21(22)19-4-3-10-26-19/h3-6,8,10-12,21H,7,9,13H2,1-2H3/t21-/m0/s1. The molecule has 6 heteroatoms. The maximum Gasteiger partial charge on any atom is 0.227 e. The normalized spacial score (nSPS) is 16.1. The molecule has 1 aliphatic rings. The summed E-state index contributed by atoms with van der Waals surface area (Å²) < 4.78 is 10.7. The summed E-state index contributed by atoms with van der Waals surface area (Å²) in [6.07, 6.45) is 1.27. The summed E-state index contributed by atoms with van der Waals surface area (Å²) in [5, 5.41) is 4.21. The van der Waals surface area contributed by atoms with Crippen molar-refractivity contribution in [1.82, 2.24) is 4.90 Å². The third-order valence-electron chi connectivity index (χ3n) is 4.90. The molecule has 1 aliphatic heterocycles. The van der Waals surface area contributed by atoms with Crippen molar-refractivity contribution >= 4 is 28.6 Å². The topological polar surface area (TPSA) is 38.8 Å². The summed E-state index contributed by atoms with van der Waals surface area (Å²) in [6.45, 7) is 0.752. The highest BCUT2D eigenvalue weighted by Gasteiger charge is 2.33. The van der Waals surface area contributed by atoms with Gasteiger partial charge in [-0.15, -0.1) is 22.7 Å². The Morgan fingerprint density at radius 3 is 2.70 bits per heavy atom. The molecule has 27 heavy (non-hydrogen) atoms. The van der Waals surface area contributed by atoms with Crippen molar-refractivity contribution in [1.29, 1.82) is 0 Å². The number of rotatable bonds is 5. The van der Waals surface area contributed by atoms with Gasteiger partial charge in [0, 0.05) is 16.3 Å². The highest BCUT2D eigenvalue weighted by atomic mass is 32.1. The van der Waals surface area contributed by atoms with Crippen LogP contribution in [0.4, 0.5) is 0 Å². The molecule has 0 radical (unpaired) electrons. The molecule has 2 aromatic heterocycles. The number of carbonyl (C=O) groups excluding carboxylic acids is 1. The van der Waals surface area contributed by atoms with Crippen LogP contribution in [0.1, 0.15) is 26.9 Å². The molecular weight excluding hydrogens is 378 g/mol. The average Bonchev–Trinajstić information content (AvgIpc) is 3.38. The lowest BCUT2D eigenvalue weighted by Gasteiger charge is -2.35. The third-order valence-corrected chi connectivity index (χ3v) is 6.82. The fourth-order valence-electron chi connectivity index (χ4n) is 3.61. The molecular formula is C21H21NO3S2. The first-order valence-electron chi connectivity index (χ1n) is 8.81. The predicted octanol–water partition coefficient (Wildman–Crippen LogP) is 4.54. The number of thiophene rings is 2. The first-order chi connectivity index (χ1) is 13.2. The van der Waals surface area contributed by atoms with Crippen LogP contribution in [0.2, 0.25) is 0 Å². The van der Waals surface area contributed by atoms with E-state index in [0.29, 0.717) is 17.9 Å². The molecule has 4 nitrogen and oxygen atoms in total. The second-order valence-electron chi connectivity index (χ2n) is 6.42. The Bertz CT molecular complexity index is 933. The van der Waals surface area contributed by atoms with Crippen molar-refractivity contribution in [3.8, 4) is 11.5 Å². The van der Waals surface area contributed by atoms with Gasteiger partial charge in [0.25, 0.3) is 0 Å². The summed E-state index contributed by atoms with van der Waals surface area (Å²) in [5.74, 6) is 1.46. The van der Waals surface area contributed by atoms with Crippen molar-refractivity contribution in [3.05, 3.63) is 68.0 Å². The minimum Gasteiger partial charge on any atom is -0.493 e. The van der Waals surface area contributed by atoms with Crippen LogP contribution in [0.3, 0.4) is 0 Å². The number of benzene rings is 1. The Kier molecular flexibility index (Phi) is 5.18. The van der Waals surface area contributed by atoms with E-state index < -0.39 is 0 Å². The molecule has 1 atom stereocenters. The van der Waals surface area contributed by atoms with Crippen LogP contribution in [-0.2, 0) is 17.6 Å². The van der Waals surface area contributed by atoms with Crippen molar-refractivity contribution in [2.24, 2.45) is 0 Å². The lowest BCUT2D eigenvalue weighted by molar-refractivity contribution is -0.132. The van der Waals surface area contributed by atoms with Crippen molar-refractivity contribution in [2.45, 2.75) is 18.9 Å². The summed E-state index contributed by atoms with van der Waals surface area (Å²) >= 11 is 3.50. The second kappa shape index (κ2) is 7.74. The van der Waals surface area contributed by atoms with Crippen LogP contribution in [0, 0.1) is 0 Å². The number of methoxy groups -OCH3 is 2. The van der Waals surface area contributed by atoms with Crippen LogP contribution < -0.4 is 9.47 Å². The molecule has 0 spiro atoms. The largest absolute Gasteiger partial charge is 0.493 e. The Morgan fingerprint density at radius 2 is 1.96 bits per heavy atom. The van der Waals surface area contributed by atoms with Gasteiger partial charge in [-0.25, -0.2) is 0 Å². The van der Waals surface area contributed by atoms with E-state index in [1.54, 1.807) is 36.9 Å². The van der Waals surface area contributed by atoms with Gasteiger partial charge in [-0.3, -0.25) is 4.79 Å². The van der Waals surface area contributed by atoms with E-state index in [1.807, 2.05) is 23.1 Å². The number of carbonyl (C=O) groups is 1. The number of nitrogens with zero attached hydrogens (tertiary/aromatic N) is 1. The maximum atomic E-state index is 13.2. The fourth-order valence-corrected chi connectivity index (χ4v) is 5.36. The van der Waals surface area contributed by atoms with E-state index >= 15 is 0 Å².